The summed E-state index contributed by atoms with van der Waals surface area (Å²) in [6, 6.07) is 8.61. The zero-order chi connectivity index (χ0) is 15.9. The molecular weight excluding hydrogens is 280 g/mol. The molecule has 116 valence electrons. The Hall–Kier alpha value is -2.63. The van der Waals surface area contributed by atoms with Crippen LogP contribution < -0.4 is 16.2 Å². The van der Waals surface area contributed by atoms with E-state index in [0.717, 1.165) is 16.8 Å². The number of nitrogens with one attached hydrogen (secondary N) is 2. The Labute approximate surface area is 129 Å². The lowest BCUT2D eigenvalue weighted by Crippen LogP contribution is -2.31. The van der Waals surface area contributed by atoms with E-state index in [1.54, 1.807) is 12.3 Å². The Balaban J connectivity index is 1.78. The quantitative estimate of drug-likeness (QED) is 0.830. The SMILES string of the molecule is Cc1cccc(NC(=O)NCCCn2ncccc2=O)c1C. The number of rotatable bonds is 5. The molecule has 2 aromatic rings. The van der Waals surface area contributed by atoms with E-state index in [1.165, 1.54) is 10.7 Å². The molecule has 0 aliphatic rings. The number of anilines is 1. The van der Waals surface area contributed by atoms with E-state index in [2.05, 4.69) is 15.7 Å². The van der Waals surface area contributed by atoms with Crippen LogP contribution in [0, 0.1) is 13.8 Å². The highest BCUT2D eigenvalue weighted by molar-refractivity contribution is 5.90. The summed E-state index contributed by atoms with van der Waals surface area (Å²) in [4.78, 5) is 23.3. The summed E-state index contributed by atoms with van der Waals surface area (Å²) in [5, 5.41) is 9.56. The van der Waals surface area contributed by atoms with Gasteiger partial charge < -0.3 is 10.6 Å². The number of aromatic nitrogens is 2. The van der Waals surface area contributed by atoms with Gasteiger partial charge in [-0.05, 0) is 43.5 Å². The minimum Gasteiger partial charge on any atom is -0.338 e. The van der Waals surface area contributed by atoms with Gasteiger partial charge in [-0.2, -0.15) is 5.10 Å². The van der Waals surface area contributed by atoms with E-state index in [4.69, 9.17) is 0 Å². The molecule has 0 saturated heterocycles. The van der Waals surface area contributed by atoms with Crippen LogP contribution in [0.15, 0.2) is 41.3 Å². The van der Waals surface area contributed by atoms with Gasteiger partial charge in [-0.15, -0.1) is 0 Å². The lowest BCUT2D eigenvalue weighted by molar-refractivity contribution is 0.251. The first-order valence-electron chi connectivity index (χ1n) is 7.21. The molecule has 1 aromatic heterocycles. The van der Waals surface area contributed by atoms with Crippen LogP contribution in [0.3, 0.4) is 0 Å². The lowest BCUT2D eigenvalue weighted by atomic mass is 10.1. The average Bonchev–Trinajstić information content (AvgIpc) is 2.50. The molecular formula is C16H20N4O2. The van der Waals surface area contributed by atoms with Crippen molar-refractivity contribution in [1.82, 2.24) is 15.1 Å². The number of carbonyl (C=O) groups excluding carboxylic acids is 1. The van der Waals surface area contributed by atoms with E-state index >= 15 is 0 Å². The smallest absolute Gasteiger partial charge is 0.319 e. The minimum atomic E-state index is -0.248. The zero-order valence-electron chi connectivity index (χ0n) is 12.8. The second kappa shape index (κ2) is 7.40. The van der Waals surface area contributed by atoms with Gasteiger partial charge >= 0.3 is 6.03 Å². The van der Waals surface area contributed by atoms with Gasteiger partial charge in [-0.25, -0.2) is 9.48 Å². The number of benzene rings is 1. The molecule has 2 amide bonds. The number of amides is 2. The van der Waals surface area contributed by atoms with Gasteiger partial charge in [0.2, 0.25) is 0 Å². The van der Waals surface area contributed by atoms with E-state index < -0.39 is 0 Å². The van der Waals surface area contributed by atoms with Crippen molar-refractivity contribution in [2.45, 2.75) is 26.8 Å². The largest absolute Gasteiger partial charge is 0.338 e. The molecule has 0 atom stereocenters. The van der Waals surface area contributed by atoms with Gasteiger partial charge in [0, 0.05) is 31.0 Å². The van der Waals surface area contributed by atoms with Crippen molar-refractivity contribution in [3.05, 3.63) is 58.0 Å². The van der Waals surface area contributed by atoms with Gasteiger partial charge in [0.25, 0.3) is 5.56 Å². The predicted molar refractivity (Wildman–Crippen MR) is 86.1 cm³/mol. The van der Waals surface area contributed by atoms with Gasteiger partial charge in [0.15, 0.2) is 0 Å². The lowest BCUT2D eigenvalue weighted by Gasteiger charge is -2.11. The fourth-order valence-corrected chi connectivity index (χ4v) is 2.04. The first-order valence-corrected chi connectivity index (χ1v) is 7.21. The summed E-state index contributed by atoms with van der Waals surface area (Å²) in [6.07, 6.45) is 2.21. The van der Waals surface area contributed by atoms with E-state index in [1.807, 2.05) is 32.0 Å². The van der Waals surface area contributed by atoms with Crippen LogP contribution in [-0.2, 0) is 6.54 Å². The molecule has 0 unspecified atom stereocenters. The normalized spacial score (nSPS) is 10.3. The maximum atomic E-state index is 11.8. The van der Waals surface area contributed by atoms with Crippen molar-refractivity contribution in [2.24, 2.45) is 0 Å². The van der Waals surface area contributed by atoms with Crippen molar-refractivity contribution in [2.75, 3.05) is 11.9 Å². The molecule has 0 saturated carbocycles. The third-order valence-corrected chi connectivity index (χ3v) is 3.47. The molecule has 6 nitrogen and oxygen atoms in total. The number of urea groups is 1. The first kappa shape index (κ1) is 15.8. The second-order valence-corrected chi connectivity index (χ2v) is 5.07. The average molecular weight is 300 g/mol. The van der Waals surface area contributed by atoms with Gasteiger partial charge in [0.1, 0.15) is 0 Å². The maximum Gasteiger partial charge on any atom is 0.319 e. The highest BCUT2D eigenvalue weighted by Gasteiger charge is 2.05. The number of carbonyl (C=O) groups is 1. The summed E-state index contributed by atoms with van der Waals surface area (Å²) in [7, 11) is 0. The third kappa shape index (κ3) is 4.18. The summed E-state index contributed by atoms with van der Waals surface area (Å²) in [5.41, 5.74) is 2.85. The Morgan fingerprint density at radius 1 is 1.23 bits per heavy atom. The molecule has 0 radical (unpaired) electrons. The van der Waals surface area contributed by atoms with Crippen molar-refractivity contribution in [3.8, 4) is 0 Å². The Morgan fingerprint density at radius 3 is 2.82 bits per heavy atom. The van der Waals surface area contributed by atoms with Crippen molar-refractivity contribution < 1.29 is 4.79 Å². The maximum absolute atomic E-state index is 11.8. The summed E-state index contributed by atoms with van der Waals surface area (Å²) >= 11 is 0. The van der Waals surface area contributed by atoms with Crippen LogP contribution in [0.4, 0.5) is 10.5 Å². The fourth-order valence-electron chi connectivity index (χ4n) is 2.04. The third-order valence-electron chi connectivity index (χ3n) is 3.47. The van der Waals surface area contributed by atoms with Crippen LogP contribution in [0.2, 0.25) is 0 Å². The van der Waals surface area contributed by atoms with Crippen molar-refractivity contribution in [3.63, 3.8) is 0 Å². The number of aryl methyl sites for hydroxylation is 2. The fraction of sp³-hybridized carbons (Fsp3) is 0.312. The number of nitrogens with zero attached hydrogens (tertiary/aromatic N) is 2. The van der Waals surface area contributed by atoms with Gasteiger partial charge in [-0.3, -0.25) is 4.79 Å². The minimum absolute atomic E-state index is 0.137. The van der Waals surface area contributed by atoms with Crippen molar-refractivity contribution in [1.29, 1.82) is 0 Å². The number of hydrogen-bond donors (Lipinski definition) is 2. The van der Waals surface area contributed by atoms with Crippen LogP contribution in [0.5, 0.6) is 0 Å². The van der Waals surface area contributed by atoms with Crippen LogP contribution >= 0.6 is 0 Å². The van der Waals surface area contributed by atoms with Crippen LogP contribution in [0.1, 0.15) is 17.5 Å². The van der Waals surface area contributed by atoms with Gasteiger partial charge in [0.05, 0.1) is 0 Å². The van der Waals surface area contributed by atoms with Crippen LogP contribution in [0.25, 0.3) is 0 Å². The topological polar surface area (TPSA) is 76.0 Å². The Morgan fingerprint density at radius 2 is 2.05 bits per heavy atom. The molecule has 0 bridgehead atoms. The van der Waals surface area contributed by atoms with Crippen molar-refractivity contribution >= 4 is 11.7 Å². The highest BCUT2D eigenvalue weighted by atomic mass is 16.2. The first-order chi connectivity index (χ1) is 10.6. The van der Waals surface area contributed by atoms with E-state index in [-0.39, 0.29) is 11.6 Å². The Bertz CT molecular complexity index is 709. The summed E-state index contributed by atoms with van der Waals surface area (Å²) < 4.78 is 1.38. The molecule has 0 spiro atoms. The molecule has 1 aromatic carbocycles. The second-order valence-electron chi connectivity index (χ2n) is 5.07. The Kier molecular flexibility index (Phi) is 5.30. The zero-order valence-corrected chi connectivity index (χ0v) is 12.8. The standard InChI is InChI=1S/C16H20N4O2/c1-12-6-3-7-14(13(12)2)19-16(22)17-9-5-11-20-15(21)8-4-10-18-20/h3-4,6-8,10H,5,9,11H2,1-2H3,(H2,17,19,22). The molecule has 0 aliphatic heterocycles. The summed E-state index contributed by atoms with van der Waals surface area (Å²) in [6.45, 7) is 4.92. The molecule has 0 aliphatic carbocycles. The molecule has 1 heterocycles. The predicted octanol–water partition coefficient (Wildman–Crippen LogP) is 2.07. The molecule has 0 fully saturated rings. The highest BCUT2D eigenvalue weighted by Crippen LogP contribution is 2.17. The molecule has 6 heteroatoms. The van der Waals surface area contributed by atoms with Crippen LogP contribution in [-0.4, -0.2) is 22.4 Å². The summed E-state index contributed by atoms with van der Waals surface area (Å²) in [5.74, 6) is 0. The number of hydrogen-bond acceptors (Lipinski definition) is 3. The van der Waals surface area contributed by atoms with E-state index in [9.17, 15) is 9.59 Å². The molecule has 22 heavy (non-hydrogen) atoms. The molecule has 2 rings (SSSR count). The molecule has 2 N–H and O–H groups in total. The van der Waals surface area contributed by atoms with Gasteiger partial charge in [-0.1, -0.05) is 12.1 Å². The monoisotopic (exact) mass is 300 g/mol. The van der Waals surface area contributed by atoms with E-state index in [0.29, 0.717) is 19.5 Å².